The van der Waals surface area contributed by atoms with Crippen molar-refractivity contribution in [1.82, 2.24) is 0 Å². The van der Waals surface area contributed by atoms with Gasteiger partial charge in [-0.2, -0.15) is 0 Å². The van der Waals surface area contributed by atoms with Crippen LogP contribution in [0.1, 0.15) is 38.7 Å². The molecule has 0 aliphatic rings. The number of aryl methyl sites for hydroxylation is 1. The van der Waals surface area contributed by atoms with E-state index in [1.807, 2.05) is 6.07 Å². The van der Waals surface area contributed by atoms with E-state index < -0.39 is 23.3 Å². The molecule has 26 heavy (non-hydrogen) atoms. The molecule has 0 atom stereocenters. The molecule has 0 aliphatic carbocycles. The second-order valence-corrected chi connectivity index (χ2v) is 14.5. The van der Waals surface area contributed by atoms with Crippen molar-refractivity contribution in [3.05, 3.63) is 46.1 Å². The molecule has 134 valence electrons. The molecule has 0 radical (unpaired) electrons. The Labute approximate surface area is 174 Å². The van der Waals surface area contributed by atoms with Crippen molar-refractivity contribution in [3.8, 4) is 0 Å². The van der Waals surface area contributed by atoms with Gasteiger partial charge in [0.1, 0.15) is 0 Å². The molecule has 0 fully saturated rings. The summed E-state index contributed by atoms with van der Waals surface area (Å²) < 4.78 is 3.36. The van der Waals surface area contributed by atoms with Crippen molar-refractivity contribution >= 4 is 48.5 Å². The van der Waals surface area contributed by atoms with Crippen molar-refractivity contribution in [2.45, 2.75) is 40.0 Å². The average Bonchev–Trinajstić information content (AvgIpc) is 2.67. The zero-order valence-electron chi connectivity index (χ0n) is 15.7. The van der Waals surface area contributed by atoms with Crippen molar-refractivity contribution in [2.24, 2.45) is 5.92 Å². The Hall–Kier alpha value is -0.645. The first-order valence-corrected chi connectivity index (χ1v) is 19.7. The van der Waals surface area contributed by atoms with Crippen molar-refractivity contribution in [2.75, 3.05) is 11.9 Å². The second-order valence-electron chi connectivity index (χ2n) is 6.93. The molecule has 1 heterocycles. The predicted molar refractivity (Wildman–Crippen MR) is 113 cm³/mol. The van der Waals surface area contributed by atoms with E-state index in [2.05, 4.69) is 50.4 Å². The minimum atomic E-state index is -1.51. The van der Waals surface area contributed by atoms with Crippen LogP contribution in [0.4, 0.5) is 5.69 Å². The van der Waals surface area contributed by atoms with Gasteiger partial charge in [0.15, 0.2) is 0 Å². The Balaban J connectivity index is 2.08. The number of rotatable bonds is 7. The van der Waals surface area contributed by atoms with Gasteiger partial charge in [0.2, 0.25) is 0 Å². The van der Waals surface area contributed by atoms with Gasteiger partial charge in [-0.3, -0.25) is 0 Å². The van der Waals surface area contributed by atoms with Crippen molar-refractivity contribution in [3.63, 3.8) is 0 Å². The molecule has 0 spiro atoms. The average molecular weight is 575 g/mol. The molecule has 0 amide bonds. The van der Waals surface area contributed by atoms with E-state index in [-0.39, 0.29) is 5.43 Å². The fraction of sp³-hybridized carbons (Fsp3) is 0.381. The van der Waals surface area contributed by atoms with Crippen molar-refractivity contribution < 1.29 is 23.3 Å². The quantitative estimate of drug-likeness (QED) is 0.285. The van der Waals surface area contributed by atoms with Crippen LogP contribution < -0.4 is 13.8 Å². The van der Waals surface area contributed by atoms with E-state index in [0.717, 1.165) is 50.3 Å². The third-order valence-electron chi connectivity index (χ3n) is 5.26. The number of fused-ring (bicyclic) bond motifs is 2. The summed E-state index contributed by atoms with van der Waals surface area (Å²) in [7, 11) is 6.19. The zero-order valence-corrected chi connectivity index (χ0v) is 22.8. The van der Waals surface area contributed by atoms with Crippen LogP contribution in [0.25, 0.3) is 20.2 Å². The number of anilines is 1. The fourth-order valence-corrected chi connectivity index (χ4v) is 7.98. The Bertz CT molecular complexity index is 981. The minimum absolute atomic E-state index is 0.142. The zero-order chi connectivity index (χ0) is 18.7. The summed E-state index contributed by atoms with van der Waals surface area (Å²) in [6.07, 6.45) is 3.55. The Kier molecular flexibility index (Phi) is 6.98. The maximum absolute atomic E-state index is 13.3. The first-order chi connectivity index (χ1) is 12.6. The van der Waals surface area contributed by atoms with Crippen LogP contribution in [0.5, 0.6) is 0 Å². The van der Waals surface area contributed by atoms with Crippen LogP contribution in [0.2, 0.25) is 0 Å². The Morgan fingerprint density at radius 2 is 1.96 bits per heavy atom. The van der Waals surface area contributed by atoms with Crippen LogP contribution in [0.3, 0.4) is 0 Å². The summed E-state index contributed by atoms with van der Waals surface area (Å²) >= 11 is 0.202. The number of benzene rings is 2. The molecular weight excluding hydrogens is 550 g/mol. The molecule has 0 saturated heterocycles. The van der Waals surface area contributed by atoms with Gasteiger partial charge in [0.05, 0.1) is 0 Å². The molecule has 0 aliphatic heterocycles. The third-order valence-corrected chi connectivity index (χ3v) is 12.2. The fourth-order valence-electron chi connectivity index (χ4n) is 3.47. The van der Waals surface area contributed by atoms with Gasteiger partial charge in [-0.25, -0.2) is 0 Å². The Morgan fingerprint density at radius 1 is 1.19 bits per heavy atom. The van der Waals surface area contributed by atoms with Crippen LogP contribution in [0, 0.1) is 12.8 Å². The van der Waals surface area contributed by atoms with E-state index in [9.17, 15) is 4.79 Å². The predicted octanol–water partition coefficient (Wildman–Crippen LogP) is 5.82. The molecule has 3 rings (SSSR count). The number of hydrogen-bond acceptors (Lipinski definition) is 3. The standard InChI is InChI=1S/C21H24NOS.ClH.Hg/c1-4-15(5-2)12-13-22-17-11-10-14(3)21-19(17)20(23)16-8-6-7-9-18(16)24-21;;/h7-11,15,22H,4-5,12-13H2,1-3H3;1H;/q;;+1/p-1. The molecule has 2 aromatic carbocycles. The number of nitrogens with one attached hydrogen (secondary N) is 1. The molecule has 2 nitrogen and oxygen atoms in total. The molecule has 3 aromatic rings. The monoisotopic (exact) mass is 575 g/mol. The molecule has 0 unspecified atom stereocenters. The first-order valence-electron chi connectivity index (χ1n) is 9.37. The van der Waals surface area contributed by atoms with Crippen LogP contribution in [0.15, 0.2) is 35.1 Å². The number of hydrogen-bond donors (Lipinski definition) is 1. The van der Waals surface area contributed by atoms with Crippen LogP contribution in [-0.2, 0) is 23.3 Å². The first kappa shape index (κ1) is 20.1. The summed E-state index contributed by atoms with van der Waals surface area (Å²) in [6, 6.07) is 10.4. The van der Waals surface area contributed by atoms with Crippen LogP contribution >= 0.6 is 19.6 Å². The normalized spacial score (nSPS) is 11.3. The molecule has 0 saturated carbocycles. The van der Waals surface area contributed by atoms with Gasteiger partial charge in [-0.15, -0.1) is 0 Å². The summed E-state index contributed by atoms with van der Waals surface area (Å²) in [5.41, 5.74) is 2.28. The van der Waals surface area contributed by atoms with Gasteiger partial charge in [-0.1, -0.05) is 0 Å². The van der Waals surface area contributed by atoms with Gasteiger partial charge in [0, 0.05) is 0 Å². The molecule has 1 N–H and O–H groups in total. The van der Waals surface area contributed by atoms with Gasteiger partial charge < -0.3 is 0 Å². The molecule has 5 heteroatoms. The SMILES string of the molecule is CCC(CC)CCNc1ccc(C)c2sc3cc[c]([Hg][Cl])cc3c(=O)c12. The van der Waals surface area contributed by atoms with Crippen LogP contribution in [-0.4, -0.2) is 6.54 Å². The van der Waals surface area contributed by atoms with E-state index in [1.165, 1.54) is 15.9 Å². The van der Waals surface area contributed by atoms with E-state index in [1.54, 1.807) is 11.3 Å². The van der Waals surface area contributed by atoms with E-state index >= 15 is 0 Å². The van der Waals surface area contributed by atoms with Crippen molar-refractivity contribution in [1.29, 1.82) is 0 Å². The second kappa shape index (κ2) is 9.03. The summed E-state index contributed by atoms with van der Waals surface area (Å²) in [5, 5.41) is 5.21. The van der Waals surface area contributed by atoms with Gasteiger partial charge in [-0.05, 0) is 0 Å². The summed E-state index contributed by atoms with van der Waals surface area (Å²) in [6.45, 7) is 7.49. The van der Waals surface area contributed by atoms with E-state index in [0.29, 0.717) is 0 Å². The maximum atomic E-state index is 13.3. The summed E-state index contributed by atoms with van der Waals surface area (Å²) in [4.78, 5) is 13.3. The molecule has 1 aromatic heterocycles. The number of halogens is 1. The molecular formula is C21H24ClHgNOS. The van der Waals surface area contributed by atoms with Gasteiger partial charge >= 0.3 is 176 Å². The van der Waals surface area contributed by atoms with Gasteiger partial charge in [0.25, 0.3) is 0 Å². The topological polar surface area (TPSA) is 29.1 Å². The molecule has 0 bridgehead atoms. The third kappa shape index (κ3) is 4.10. The van der Waals surface area contributed by atoms with E-state index in [4.69, 9.17) is 8.25 Å². The Morgan fingerprint density at radius 3 is 2.65 bits per heavy atom. The summed E-state index contributed by atoms with van der Waals surface area (Å²) in [5.74, 6) is 0.744.